The molecule has 3 rings (SSSR count). The number of benzene rings is 3. The molecule has 3 nitrogen and oxygen atoms in total. The van der Waals surface area contributed by atoms with Gasteiger partial charge >= 0.3 is 5.97 Å². The van der Waals surface area contributed by atoms with E-state index in [0.717, 1.165) is 10.8 Å². The highest BCUT2D eigenvalue weighted by molar-refractivity contribution is 6.05. The Morgan fingerprint density at radius 1 is 0.900 bits per heavy atom. The predicted molar refractivity (Wildman–Crippen MR) is 77.0 cm³/mol. The van der Waals surface area contributed by atoms with E-state index in [2.05, 4.69) is 0 Å². The first-order valence-electron chi connectivity index (χ1n) is 6.23. The molecule has 0 aromatic heterocycles. The number of hydrogen-bond acceptors (Lipinski definition) is 3. The van der Waals surface area contributed by atoms with Crippen LogP contribution in [0.2, 0.25) is 0 Å². The maximum Gasteiger partial charge on any atom is 0.344 e. The number of carbonyl (C=O) groups excluding carboxylic acids is 1. The van der Waals surface area contributed by atoms with Gasteiger partial charge in [-0.2, -0.15) is 0 Å². The van der Waals surface area contributed by atoms with E-state index in [-0.39, 0.29) is 5.75 Å². The van der Waals surface area contributed by atoms with Crippen LogP contribution >= 0.6 is 0 Å². The molecule has 3 aromatic carbocycles. The van der Waals surface area contributed by atoms with E-state index in [1.54, 1.807) is 42.5 Å². The molecule has 0 aliphatic carbocycles. The topological polar surface area (TPSA) is 46.5 Å². The number of phenols is 1. The molecule has 0 unspecified atom stereocenters. The van der Waals surface area contributed by atoms with Gasteiger partial charge in [0.15, 0.2) is 0 Å². The molecule has 0 saturated carbocycles. The van der Waals surface area contributed by atoms with Gasteiger partial charge in [0.05, 0.1) is 5.56 Å². The van der Waals surface area contributed by atoms with Crippen LogP contribution in [0, 0.1) is 0 Å². The molecule has 20 heavy (non-hydrogen) atoms. The lowest BCUT2D eigenvalue weighted by Gasteiger charge is -2.07. The second kappa shape index (κ2) is 5.05. The highest BCUT2D eigenvalue weighted by Crippen LogP contribution is 2.24. The summed E-state index contributed by atoms with van der Waals surface area (Å²) in [5.74, 6) is 0.270. The molecule has 3 aromatic rings. The van der Waals surface area contributed by atoms with E-state index in [0.29, 0.717) is 11.3 Å². The Bertz CT molecular complexity index is 764. The second-order valence-electron chi connectivity index (χ2n) is 4.41. The molecule has 0 fully saturated rings. The first-order chi connectivity index (χ1) is 9.74. The largest absolute Gasteiger partial charge is 0.508 e. The normalized spacial score (nSPS) is 10.4. The number of para-hydroxylation sites is 1. The zero-order valence-corrected chi connectivity index (χ0v) is 10.6. The van der Waals surface area contributed by atoms with Gasteiger partial charge < -0.3 is 9.84 Å². The molecule has 0 aliphatic heterocycles. The van der Waals surface area contributed by atoms with Crippen LogP contribution in [0.5, 0.6) is 11.5 Å². The molecule has 0 amide bonds. The van der Waals surface area contributed by atoms with Crippen LogP contribution in [0.4, 0.5) is 0 Å². The van der Waals surface area contributed by atoms with Gasteiger partial charge in [-0.05, 0) is 47.2 Å². The fraction of sp³-hybridized carbons (Fsp3) is 0. The molecule has 0 aliphatic rings. The van der Waals surface area contributed by atoms with Gasteiger partial charge in [-0.3, -0.25) is 0 Å². The van der Waals surface area contributed by atoms with Crippen molar-refractivity contribution in [3.8, 4) is 11.5 Å². The first-order valence-corrected chi connectivity index (χ1v) is 6.23. The van der Waals surface area contributed by atoms with E-state index >= 15 is 0 Å². The third-order valence-electron chi connectivity index (χ3n) is 3.04. The fourth-order valence-corrected chi connectivity index (χ4v) is 2.10. The molecule has 98 valence electrons. The Morgan fingerprint density at radius 3 is 2.50 bits per heavy atom. The van der Waals surface area contributed by atoms with Crippen molar-refractivity contribution in [1.29, 1.82) is 0 Å². The summed E-state index contributed by atoms with van der Waals surface area (Å²) in [5, 5.41) is 11.0. The van der Waals surface area contributed by atoms with Gasteiger partial charge in [0, 0.05) is 0 Å². The highest BCUT2D eigenvalue weighted by atomic mass is 16.5. The molecule has 3 heteroatoms. The van der Waals surface area contributed by atoms with Gasteiger partial charge in [-0.1, -0.05) is 30.3 Å². The van der Waals surface area contributed by atoms with Gasteiger partial charge in [0.2, 0.25) is 0 Å². The van der Waals surface area contributed by atoms with E-state index in [9.17, 15) is 9.90 Å². The average molecular weight is 264 g/mol. The summed E-state index contributed by atoms with van der Waals surface area (Å²) >= 11 is 0. The maximum absolute atomic E-state index is 12.2. The molecule has 1 N–H and O–H groups in total. The quantitative estimate of drug-likeness (QED) is 0.566. The van der Waals surface area contributed by atoms with Crippen molar-refractivity contribution in [1.82, 2.24) is 0 Å². The predicted octanol–water partition coefficient (Wildman–Crippen LogP) is 3.76. The summed E-state index contributed by atoms with van der Waals surface area (Å²) in [4.78, 5) is 12.2. The van der Waals surface area contributed by atoms with Crippen LogP contribution in [0.25, 0.3) is 10.8 Å². The van der Waals surface area contributed by atoms with Crippen LogP contribution in [-0.2, 0) is 0 Å². The fourth-order valence-electron chi connectivity index (χ4n) is 2.10. The summed E-state index contributed by atoms with van der Waals surface area (Å²) in [7, 11) is 0. The molecular formula is C17H12O3. The Morgan fingerprint density at radius 2 is 1.70 bits per heavy atom. The van der Waals surface area contributed by atoms with Crippen LogP contribution in [0.3, 0.4) is 0 Å². The Hall–Kier alpha value is -2.81. The first kappa shape index (κ1) is 12.2. The third kappa shape index (κ3) is 2.34. The summed E-state index contributed by atoms with van der Waals surface area (Å²) < 4.78 is 5.34. The Balaban J connectivity index is 2.00. The van der Waals surface area contributed by atoms with E-state index in [1.165, 1.54) is 0 Å². The number of phenolic OH excluding ortho intramolecular Hbond substituents is 1. The van der Waals surface area contributed by atoms with Crippen molar-refractivity contribution in [2.75, 3.05) is 0 Å². The number of fused-ring (bicyclic) bond motifs is 1. The van der Waals surface area contributed by atoms with Crippen LogP contribution < -0.4 is 4.74 Å². The lowest BCUT2D eigenvalue weighted by molar-refractivity contribution is 0.0737. The Labute approximate surface area is 116 Å². The maximum atomic E-state index is 12.2. The molecular weight excluding hydrogens is 252 g/mol. The standard InChI is InChI=1S/C17H12O3/c18-13-9-10-15-12(11-13)5-4-8-16(15)17(19)20-14-6-2-1-3-7-14/h1-11,18H. The number of aromatic hydroxyl groups is 1. The molecule has 0 bridgehead atoms. The number of ether oxygens (including phenoxy) is 1. The molecule has 0 spiro atoms. The zero-order chi connectivity index (χ0) is 13.9. The molecule has 0 atom stereocenters. The zero-order valence-electron chi connectivity index (χ0n) is 10.6. The minimum atomic E-state index is -0.410. The smallest absolute Gasteiger partial charge is 0.344 e. The average Bonchev–Trinajstić information content (AvgIpc) is 2.47. The highest BCUT2D eigenvalue weighted by Gasteiger charge is 2.12. The van der Waals surface area contributed by atoms with Crippen LogP contribution in [0.1, 0.15) is 10.4 Å². The van der Waals surface area contributed by atoms with Crippen molar-refractivity contribution in [3.63, 3.8) is 0 Å². The van der Waals surface area contributed by atoms with Crippen molar-refractivity contribution in [3.05, 3.63) is 72.3 Å². The SMILES string of the molecule is O=C(Oc1ccccc1)c1cccc2cc(O)ccc12. The summed E-state index contributed by atoms with van der Waals surface area (Å²) in [6, 6.07) is 19.2. The minimum absolute atomic E-state index is 0.172. The monoisotopic (exact) mass is 264 g/mol. The van der Waals surface area contributed by atoms with E-state index in [4.69, 9.17) is 4.74 Å². The summed E-state index contributed by atoms with van der Waals surface area (Å²) in [6.45, 7) is 0. The molecule has 0 radical (unpaired) electrons. The van der Waals surface area contributed by atoms with Crippen molar-refractivity contribution >= 4 is 16.7 Å². The number of rotatable bonds is 2. The van der Waals surface area contributed by atoms with E-state index in [1.807, 2.05) is 24.3 Å². The number of carbonyl (C=O) groups is 1. The van der Waals surface area contributed by atoms with Gasteiger partial charge in [-0.15, -0.1) is 0 Å². The van der Waals surface area contributed by atoms with Crippen molar-refractivity contribution in [2.45, 2.75) is 0 Å². The number of hydrogen-bond donors (Lipinski definition) is 1. The van der Waals surface area contributed by atoms with Crippen LogP contribution in [0.15, 0.2) is 66.7 Å². The minimum Gasteiger partial charge on any atom is -0.508 e. The lowest BCUT2D eigenvalue weighted by atomic mass is 10.0. The van der Waals surface area contributed by atoms with Crippen molar-refractivity contribution < 1.29 is 14.6 Å². The number of esters is 1. The van der Waals surface area contributed by atoms with Gasteiger partial charge in [0.1, 0.15) is 11.5 Å². The van der Waals surface area contributed by atoms with Gasteiger partial charge in [0.25, 0.3) is 0 Å². The summed E-state index contributed by atoms with van der Waals surface area (Å²) in [5.41, 5.74) is 0.478. The molecule has 0 heterocycles. The van der Waals surface area contributed by atoms with Crippen molar-refractivity contribution in [2.24, 2.45) is 0 Å². The Kier molecular flexibility index (Phi) is 3.09. The van der Waals surface area contributed by atoms with Gasteiger partial charge in [-0.25, -0.2) is 4.79 Å². The van der Waals surface area contributed by atoms with Crippen LogP contribution in [-0.4, -0.2) is 11.1 Å². The third-order valence-corrected chi connectivity index (χ3v) is 3.04. The molecule has 0 saturated heterocycles. The summed E-state index contributed by atoms with van der Waals surface area (Å²) in [6.07, 6.45) is 0. The van der Waals surface area contributed by atoms with E-state index < -0.39 is 5.97 Å². The lowest BCUT2D eigenvalue weighted by Crippen LogP contribution is -2.08. The second-order valence-corrected chi connectivity index (χ2v) is 4.41.